The second kappa shape index (κ2) is 6.27. The lowest BCUT2D eigenvalue weighted by Gasteiger charge is -2.07. The number of benzene rings is 1. The third-order valence-corrected chi connectivity index (χ3v) is 4.05. The van der Waals surface area contributed by atoms with Crippen LogP contribution >= 0.6 is 0 Å². The Balaban J connectivity index is 1.39. The summed E-state index contributed by atoms with van der Waals surface area (Å²) in [4.78, 5) is 4.42. The van der Waals surface area contributed by atoms with Crippen molar-refractivity contribution >= 4 is 22.5 Å². The van der Waals surface area contributed by atoms with Gasteiger partial charge < -0.3 is 9.88 Å². The summed E-state index contributed by atoms with van der Waals surface area (Å²) in [5.74, 6) is 1.71. The smallest absolute Gasteiger partial charge is 0.178 e. The highest BCUT2D eigenvalue weighted by Gasteiger charge is 2.05. The van der Waals surface area contributed by atoms with Crippen molar-refractivity contribution in [2.24, 2.45) is 0 Å². The summed E-state index contributed by atoms with van der Waals surface area (Å²) in [6.07, 6.45) is 3.70. The van der Waals surface area contributed by atoms with Gasteiger partial charge in [-0.3, -0.25) is 0 Å². The van der Waals surface area contributed by atoms with Gasteiger partial charge in [-0.2, -0.15) is 4.52 Å². The van der Waals surface area contributed by atoms with Crippen LogP contribution < -0.4 is 5.32 Å². The van der Waals surface area contributed by atoms with Crippen LogP contribution in [-0.4, -0.2) is 35.9 Å². The molecular weight excluding hydrogens is 302 g/mol. The average molecular weight is 321 g/mol. The van der Waals surface area contributed by atoms with Crippen molar-refractivity contribution in [1.82, 2.24) is 29.4 Å². The van der Waals surface area contributed by atoms with Gasteiger partial charge in [-0.1, -0.05) is 19.1 Å². The van der Waals surface area contributed by atoms with Crippen LogP contribution in [0.25, 0.3) is 16.7 Å². The number of rotatable bonds is 6. The summed E-state index contributed by atoms with van der Waals surface area (Å²) in [5.41, 5.74) is 2.99. The van der Waals surface area contributed by atoms with Crippen LogP contribution in [0.2, 0.25) is 0 Å². The minimum absolute atomic E-state index is 0.780. The average Bonchev–Trinajstić information content (AvgIpc) is 3.22. The zero-order chi connectivity index (χ0) is 16.4. The fourth-order valence-electron chi connectivity index (χ4n) is 2.80. The lowest BCUT2D eigenvalue weighted by atomic mass is 10.3. The van der Waals surface area contributed by atoms with E-state index in [0.29, 0.717) is 0 Å². The van der Waals surface area contributed by atoms with Crippen molar-refractivity contribution in [3.63, 3.8) is 0 Å². The van der Waals surface area contributed by atoms with Crippen LogP contribution in [0.4, 0.5) is 5.82 Å². The number of imidazole rings is 1. The molecule has 4 rings (SSSR count). The Kier molecular flexibility index (Phi) is 3.82. The van der Waals surface area contributed by atoms with Crippen LogP contribution in [0.15, 0.2) is 42.7 Å². The van der Waals surface area contributed by atoms with Crippen molar-refractivity contribution in [2.45, 2.75) is 26.3 Å². The summed E-state index contributed by atoms with van der Waals surface area (Å²) in [5, 5.41) is 16.1. The maximum absolute atomic E-state index is 4.55. The molecule has 0 unspecified atom stereocenters. The molecule has 0 atom stereocenters. The van der Waals surface area contributed by atoms with Crippen LogP contribution in [0, 0.1) is 0 Å². The second-order valence-electron chi connectivity index (χ2n) is 5.67. The van der Waals surface area contributed by atoms with Gasteiger partial charge in [0.15, 0.2) is 11.5 Å². The largest absolute Gasteiger partial charge is 0.369 e. The van der Waals surface area contributed by atoms with E-state index in [9.17, 15) is 0 Å². The Morgan fingerprint density at radius 1 is 1.08 bits per heavy atom. The number of anilines is 1. The van der Waals surface area contributed by atoms with Crippen molar-refractivity contribution < 1.29 is 0 Å². The van der Waals surface area contributed by atoms with Crippen LogP contribution in [0.3, 0.4) is 0 Å². The molecule has 3 heterocycles. The molecule has 24 heavy (non-hydrogen) atoms. The molecule has 7 nitrogen and oxygen atoms in total. The van der Waals surface area contributed by atoms with E-state index in [2.05, 4.69) is 36.2 Å². The molecule has 3 aromatic heterocycles. The normalized spacial score (nSPS) is 11.4. The minimum Gasteiger partial charge on any atom is -0.369 e. The minimum atomic E-state index is 0.780. The monoisotopic (exact) mass is 321 g/mol. The Morgan fingerprint density at radius 2 is 2.00 bits per heavy atom. The van der Waals surface area contributed by atoms with Crippen molar-refractivity contribution in [1.29, 1.82) is 0 Å². The van der Waals surface area contributed by atoms with Gasteiger partial charge in [-0.15, -0.1) is 15.3 Å². The van der Waals surface area contributed by atoms with Gasteiger partial charge in [0.05, 0.1) is 17.4 Å². The standard InChI is InChI=1S/C17H19N7/c1-2-16-20-21-17-9-8-15(22-24(16)17)18-10-5-11-23-12-19-13-6-3-4-7-14(13)23/h3-4,6-9,12H,2,5,10-11H2,1H3,(H,18,22). The molecule has 0 fully saturated rings. The topological polar surface area (TPSA) is 72.9 Å². The Labute approximate surface area is 139 Å². The van der Waals surface area contributed by atoms with E-state index in [0.717, 1.165) is 48.7 Å². The SMILES string of the molecule is CCc1nnc2ccc(NCCCn3cnc4ccccc43)nn12. The van der Waals surface area contributed by atoms with Gasteiger partial charge in [-0.05, 0) is 30.7 Å². The van der Waals surface area contributed by atoms with Crippen LogP contribution in [-0.2, 0) is 13.0 Å². The zero-order valence-corrected chi connectivity index (χ0v) is 13.6. The van der Waals surface area contributed by atoms with Crippen LogP contribution in [0.5, 0.6) is 0 Å². The Bertz CT molecular complexity index is 969. The first-order valence-corrected chi connectivity index (χ1v) is 8.20. The lowest BCUT2D eigenvalue weighted by Crippen LogP contribution is -2.09. The molecule has 1 aromatic carbocycles. The zero-order valence-electron chi connectivity index (χ0n) is 13.6. The molecule has 0 aliphatic rings. The highest BCUT2D eigenvalue weighted by Crippen LogP contribution is 2.12. The Hall–Kier alpha value is -2.96. The number of nitrogens with one attached hydrogen (secondary N) is 1. The molecule has 0 aliphatic carbocycles. The van der Waals surface area contributed by atoms with E-state index < -0.39 is 0 Å². The van der Waals surface area contributed by atoms with Crippen LogP contribution in [0.1, 0.15) is 19.2 Å². The number of nitrogens with zero attached hydrogens (tertiary/aromatic N) is 6. The maximum Gasteiger partial charge on any atom is 0.178 e. The quantitative estimate of drug-likeness (QED) is 0.553. The summed E-state index contributed by atoms with van der Waals surface area (Å²) in [7, 11) is 0. The van der Waals surface area contributed by atoms with E-state index in [1.54, 1.807) is 4.52 Å². The molecule has 0 saturated carbocycles. The molecule has 7 heteroatoms. The first-order valence-electron chi connectivity index (χ1n) is 8.20. The molecule has 122 valence electrons. The molecule has 0 saturated heterocycles. The highest BCUT2D eigenvalue weighted by atomic mass is 15.4. The third-order valence-electron chi connectivity index (χ3n) is 4.05. The Morgan fingerprint density at radius 3 is 2.92 bits per heavy atom. The lowest BCUT2D eigenvalue weighted by molar-refractivity contribution is 0.675. The van der Waals surface area contributed by atoms with Gasteiger partial charge in [-0.25, -0.2) is 4.98 Å². The summed E-state index contributed by atoms with van der Waals surface area (Å²) < 4.78 is 3.98. The van der Waals surface area contributed by atoms with Crippen molar-refractivity contribution in [3.05, 3.63) is 48.5 Å². The third kappa shape index (κ3) is 2.68. The molecule has 0 aliphatic heterocycles. The summed E-state index contributed by atoms with van der Waals surface area (Å²) in [6, 6.07) is 12.1. The van der Waals surface area contributed by atoms with E-state index in [-0.39, 0.29) is 0 Å². The molecule has 0 spiro atoms. The van der Waals surface area contributed by atoms with E-state index in [1.165, 1.54) is 5.52 Å². The second-order valence-corrected chi connectivity index (χ2v) is 5.67. The number of aromatic nitrogens is 6. The highest BCUT2D eigenvalue weighted by molar-refractivity contribution is 5.74. The maximum atomic E-state index is 4.55. The predicted octanol–water partition coefficient (Wildman–Crippen LogP) is 2.54. The number of para-hydroxylation sites is 2. The fraction of sp³-hybridized carbons (Fsp3) is 0.294. The molecule has 4 aromatic rings. The molecule has 0 bridgehead atoms. The van der Waals surface area contributed by atoms with E-state index >= 15 is 0 Å². The van der Waals surface area contributed by atoms with E-state index in [4.69, 9.17) is 0 Å². The molecular formula is C17H19N7. The predicted molar refractivity (Wildman–Crippen MR) is 93.0 cm³/mol. The van der Waals surface area contributed by atoms with Gasteiger partial charge >= 0.3 is 0 Å². The van der Waals surface area contributed by atoms with E-state index in [1.807, 2.05) is 43.6 Å². The fourth-order valence-corrected chi connectivity index (χ4v) is 2.80. The number of hydrogen-bond acceptors (Lipinski definition) is 5. The summed E-state index contributed by atoms with van der Waals surface area (Å²) >= 11 is 0. The number of hydrogen-bond donors (Lipinski definition) is 1. The summed E-state index contributed by atoms with van der Waals surface area (Å²) in [6.45, 7) is 3.81. The molecule has 0 amide bonds. The first kappa shape index (κ1) is 14.6. The molecule has 0 radical (unpaired) electrons. The molecule has 1 N–H and O–H groups in total. The number of fused-ring (bicyclic) bond motifs is 2. The van der Waals surface area contributed by atoms with Crippen molar-refractivity contribution in [3.8, 4) is 0 Å². The number of aryl methyl sites for hydroxylation is 2. The van der Waals surface area contributed by atoms with Gasteiger partial charge in [0.1, 0.15) is 5.82 Å². The van der Waals surface area contributed by atoms with Crippen molar-refractivity contribution in [2.75, 3.05) is 11.9 Å². The van der Waals surface area contributed by atoms with Gasteiger partial charge in [0.2, 0.25) is 0 Å². The van der Waals surface area contributed by atoms with Gasteiger partial charge in [0.25, 0.3) is 0 Å². The van der Waals surface area contributed by atoms with Gasteiger partial charge in [0, 0.05) is 19.5 Å². The first-order chi connectivity index (χ1) is 11.8.